The van der Waals surface area contributed by atoms with E-state index in [1.807, 2.05) is 30.3 Å². The van der Waals surface area contributed by atoms with E-state index in [4.69, 9.17) is 9.52 Å². The first kappa shape index (κ1) is 17.7. The van der Waals surface area contributed by atoms with Crippen LogP contribution in [0.2, 0.25) is 0 Å². The summed E-state index contributed by atoms with van der Waals surface area (Å²) in [7, 11) is 0. The second-order valence-electron chi connectivity index (χ2n) is 5.36. The van der Waals surface area contributed by atoms with Gasteiger partial charge in [0.1, 0.15) is 0 Å². The lowest BCUT2D eigenvalue weighted by atomic mass is 10.2. The van der Waals surface area contributed by atoms with E-state index in [1.165, 1.54) is 6.26 Å². The van der Waals surface area contributed by atoms with Gasteiger partial charge >= 0.3 is 0 Å². The van der Waals surface area contributed by atoms with E-state index in [2.05, 4.69) is 5.32 Å². The van der Waals surface area contributed by atoms with Crippen molar-refractivity contribution in [3.63, 3.8) is 0 Å². The third kappa shape index (κ3) is 5.55. The number of rotatable bonds is 9. The van der Waals surface area contributed by atoms with E-state index in [0.717, 1.165) is 5.56 Å². The molecule has 1 aromatic heterocycles. The van der Waals surface area contributed by atoms with Gasteiger partial charge in [-0.15, -0.1) is 0 Å². The predicted octanol–water partition coefficient (Wildman–Crippen LogP) is 1.81. The molecule has 0 radical (unpaired) electrons. The summed E-state index contributed by atoms with van der Waals surface area (Å²) in [6, 6.07) is 12.9. The summed E-state index contributed by atoms with van der Waals surface area (Å²) in [6.45, 7) is 1.09. The minimum atomic E-state index is -0.288. The molecule has 0 saturated carbocycles. The van der Waals surface area contributed by atoms with Crippen LogP contribution in [0.5, 0.6) is 0 Å². The van der Waals surface area contributed by atoms with Crippen LogP contribution in [-0.4, -0.2) is 41.5 Å². The molecule has 1 aromatic carbocycles. The molecule has 128 valence electrons. The first-order chi connectivity index (χ1) is 11.7. The number of carbonyl (C=O) groups excluding carboxylic acids is 2. The van der Waals surface area contributed by atoms with Crippen molar-refractivity contribution < 1.29 is 19.1 Å². The molecule has 0 aliphatic carbocycles. The zero-order chi connectivity index (χ0) is 17.2. The number of aliphatic hydroxyl groups is 1. The largest absolute Gasteiger partial charge is 0.459 e. The number of benzene rings is 1. The molecule has 0 spiro atoms. The Kier molecular flexibility index (Phi) is 7.04. The minimum Gasteiger partial charge on any atom is -0.459 e. The van der Waals surface area contributed by atoms with Crippen LogP contribution in [0.1, 0.15) is 29.0 Å². The Balaban J connectivity index is 1.75. The first-order valence-electron chi connectivity index (χ1n) is 7.95. The summed E-state index contributed by atoms with van der Waals surface area (Å²) in [6.07, 6.45) is 2.28. The second kappa shape index (κ2) is 9.52. The van der Waals surface area contributed by atoms with Gasteiger partial charge in [0.25, 0.3) is 5.91 Å². The number of aliphatic hydroxyl groups excluding tert-OH is 1. The standard InChI is InChI=1S/C18H22N2O4/c21-12-11-20(14-15-6-2-1-3-7-15)17(22)9-4-10-19-18(23)16-8-5-13-24-16/h1-3,5-8,13,21H,4,9-12,14H2,(H,19,23). The molecule has 6 nitrogen and oxygen atoms in total. The quantitative estimate of drug-likeness (QED) is 0.687. The molecule has 2 rings (SSSR count). The molecular formula is C18H22N2O4. The van der Waals surface area contributed by atoms with Crippen molar-refractivity contribution in [2.45, 2.75) is 19.4 Å². The lowest BCUT2D eigenvalue weighted by Crippen LogP contribution is -2.33. The molecule has 6 heteroatoms. The van der Waals surface area contributed by atoms with Crippen LogP contribution >= 0.6 is 0 Å². The van der Waals surface area contributed by atoms with Gasteiger partial charge in [0.05, 0.1) is 12.9 Å². The van der Waals surface area contributed by atoms with Crippen LogP contribution in [0.3, 0.4) is 0 Å². The Morgan fingerprint density at radius 1 is 1.12 bits per heavy atom. The van der Waals surface area contributed by atoms with Gasteiger partial charge in [0.15, 0.2) is 5.76 Å². The topological polar surface area (TPSA) is 82.8 Å². The zero-order valence-corrected chi connectivity index (χ0v) is 13.5. The highest BCUT2D eigenvalue weighted by Gasteiger charge is 2.14. The van der Waals surface area contributed by atoms with E-state index in [9.17, 15) is 9.59 Å². The number of amides is 2. The van der Waals surface area contributed by atoms with Crippen molar-refractivity contribution in [2.75, 3.05) is 19.7 Å². The van der Waals surface area contributed by atoms with E-state index in [-0.39, 0.29) is 24.2 Å². The highest BCUT2D eigenvalue weighted by atomic mass is 16.3. The van der Waals surface area contributed by atoms with E-state index in [1.54, 1.807) is 17.0 Å². The Morgan fingerprint density at radius 3 is 2.58 bits per heavy atom. The number of hydrogen-bond donors (Lipinski definition) is 2. The summed E-state index contributed by atoms with van der Waals surface area (Å²) in [5.41, 5.74) is 1.02. The van der Waals surface area contributed by atoms with Crippen molar-refractivity contribution in [1.29, 1.82) is 0 Å². The van der Waals surface area contributed by atoms with E-state index < -0.39 is 0 Å². The Hall–Kier alpha value is -2.60. The molecular weight excluding hydrogens is 308 g/mol. The number of furan rings is 1. The summed E-state index contributed by atoms with van der Waals surface area (Å²) in [5, 5.41) is 11.9. The third-order valence-electron chi connectivity index (χ3n) is 3.54. The lowest BCUT2D eigenvalue weighted by Gasteiger charge is -2.22. The fraction of sp³-hybridized carbons (Fsp3) is 0.333. The molecule has 0 aliphatic heterocycles. The molecule has 0 fully saturated rings. The van der Waals surface area contributed by atoms with Crippen LogP contribution in [0.25, 0.3) is 0 Å². The molecule has 24 heavy (non-hydrogen) atoms. The molecule has 0 saturated heterocycles. The highest BCUT2D eigenvalue weighted by molar-refractivity contribution is 5.91. The van der Waals surface area contributed by atoms with Gasteiger partial charge in [-0.25, -0.2) is 0 Å². The maximum absolute atomic E-state index is 12.3. The summed E-state index contributed by atoms with van der Waals surface area (Å²) in [5.74, 6) is -0.0728. The van der Waals surface area contributed by atoms with Gasteiger partial charge in [-0.2, -0.15) is 0 Å². The van der Waals surface area contributed by atoms with Crippen molar-refractivity contribution in [2.24, 2.45) is 0 Å². The van der Waals surface area contributed by atoms with Gasteiger partial charge in [0, 0.05) is 26.1 Å². The Labute approximate surface area is 141 Å². The predicted molar refractivity (Wildman–Crippen MR) is 89.2 cm³/mol. The van der Waals surface area contributed by atoms with Gasteiger partial charge < -0.3 is 19.7 Å². The minimum absolute atomic E-state index is 0.0415. The molecule has 1 heterocycles. The van der Waals surface area contributed by atoms with Crippen molar-refractivity contribution in [3.8, 4) is 0 Å². The van der Waals surface area contributed by atoms with Crippen molar-refractivity contribution in [1.82, 2.24) is 10.2 Å². The van der Waals surface area contributed by atoms with Gasteiger partial charge in [-0.1, -0.05) is 30.3 Å². The number of hydrogen-bond acceptors (Lipinski definition) is 4. The molecule has 0 aliphatic rings. The van der Waals surface area contributed by atoms with E-state index >= 15 is 0 Å². The average molecular weight is 330 g/mol. The molecule has 2 amide bonds. The van der Waals surface area contributed by atoms with Crippen LogP contribution in [-0.2, 0) is 11.3 Å². The highest BCUT2D eigenvalue weighted by Crippen LogP contribution is 2.07. The summed E-state index contributed by atoms with van der Waals surface area (Å²) in [4.78, 5) is 25.6. The second-order valence-corrected chi connectivity index (χ2v) is 5.36. The maximum Gasteiger partial charge on any atom is 0.286 e. The number of nitrogens with zero attached hydrogens (tertiary/aromatic N) is 1. The van der Waals surface area contributed by atoms with Crippen LogP contribution in [0.15, 0.2) is 53.1 Å². The molecule has 0 unspecified atom stereocenters. The molecule has 2 aromatic rings. The summed E-state index contributed by atoms with van der Waals surface area (Å²) < 4.78 is 5.00. The molecule has 2 N–H and O–H groups in total. The smallest absolute Gasteiger partial charge is 0.286 e. The fourth-order valence-corrected chi connectivity index (χ4v) is 2.31. The van der Waals surface area contributed by atoms with Gasteiger partial charge in [-0.05, 0) is 24.1 Å². The molecule has 0 bridgehead atoms. The van der Waals surface area contributed by atoms with Crippen LogP contribution in [0.4, 0.5) is 0 Å². The fourth-order valence-electron chi connectivity index (χ4n) is 2.31. The third-order valence-corrected chi connectivity index (χ3v) is 3.54. The lowest BCUT2D eigenvalue weighted by molar-refractivity contribution is -0.132. The monoisotopic (exact) mass is 330 g/mol. The Bertz CT molecular complexity index is 626. The first-order valence-corrected chi connectivity index (χ1v) is 7.95. The molecule has 0 atom stereocenters. The maximum atomic E-state index is 12.3. The Morgan fingerprint density at radius 2 is 1.92 bits per heavy atom. The van der Waals surface area contributed by atoms with Gasteiger partial charge in [0.2, 0.25) is 5.91 Å². The van der Waals surface area contributed by atoms with Crippen molar-refractivity contribution in [3.05, 3.63) is 60.1 Å². The zero-order valence-electron chi connectivity index (χ0n) is 13.5. The average Bonchev–Trinajstić information content (AvgIpc) is 3.13. The van der Waals surface area contributed by atoms with E-state index in [0.29, 0.717) is 32.5 Å². The SMILES string of the molecule is O=C(NCCCC(=O)N(CCO)Cc1ccccc1)c1ccco1. The van der Waals surface area contributed by atoms with Crippen molar-refractivity contribution >= 4 is 11.8 Å². The van der Waals surface area contributed by atoms with Crippen LogP contribution < -0.4 is 5.32 Å². The normalized spacial score (nSPS) is 10.4. The summed E-state index contributed by atoms with van der Waals surface area (Å²) >= 11 is 0. The van der Waals surface area contributed by atoms with Gasteiger partial charge in [-0.3, -0.25) is 9.59 Å². The van der Waals surface area contributed by atoms with Crippen LogP contribution in [0, 0.1) is 0 Å². The number of nitrogens with one attached hydrogen (secondary N) is 1. The number of carbonyl (C=O) groups is 2.